The highest BCUT2D eigenvalue weighted by Gasteiger charge is 2.02. The molecule has 23 heavy (non-hydrogen) atoms. The fourth-order valence-electron chi connectivity index (χ4n) is 2.12. The Balaban J connectivity index is 1.73. The van der Waals surface area contributed by atoms with E-state index >= 15 is 0 Å². The van der Waals surface area contributed by atoms with E-state index in [1.165, 1.54) is 5.56 Å². The Bertz CT molecular complexity index is 619. The second-order valence-electron chi connectivity index (χ2n) is 5.83. The van der Waals surface area contributed by atoms with Crippen molar-refractivity contribution in [1.29, 1.82) is 0 Å². The second kappa shape index (κ2) is 8.34. The van der Waals surface area contributed by atoms with Crippen LogP contribution in [0.15, 0.2) is 48.5 Å². The van der Waals surface area contributed by atoms with Crippen LogP contribution >= 0.6 is 0 Å². The van der Waals surface area contributed by atoms with Crippen molar-refractivity contribution in [2.75, 3.05) is 11.9 Å². The molecule has 1 amide bonds. The molecule has 122 valence electrons. The van der Waals surface area contributed by atoms with Crippen molar-refractivity contribution in [2.45, 2.75) is 33.4 Å². The number of hydrogen-bond donors (Lipinski definition) is 2. The summed E-state index contributed by atoms with van der Waals surface area (Å²) in [5, 5.41) is 6.01. The van der Waals surface area contributed by atoms with Crippen molar-refractivity contribution in [3.63, 3.8) is 0 Å². The Morgan fingerprint density at radius 2 is 1.70 bits per heavy atom. The fraction of sp³-hybridized carbons (Fsp3) is 0.316. The minimum absolute atomic E-state index is 0.0476. The molecule has 2 aromatic carbocycles. The molecule has 4 heteroatoms. The van der Waals surface area contributed by atoms with Gasteiger partial charge in [0, 0.05) is 12.2 Å². The summed E-state index contributed by atoms with van der Waals surface area (Å²) in [7, 11) is 0. The van der Waals surface area contributed by atoms with Crippen LogP contribution < -0.4 is 15.4 Å². The molecule has 2 rings (SSSR count). The highest BCUT2D eigenvalue weighted by Crippen LogP contribution is 2.13. The third-order valence-electron chi connectivity index (χ3n) is 3.25. The number of amides is 1. The molecule has 0 aliphatic heterocycles. The highest BCUT2D eigenvalue weighted by atomic mass is 16.5. The minimum atomic E-state index is -0.0476. The van der Waals surface area contributed by atoms with Crippen LogP contribution in [-0.2, 0) is 11.3 Å². The first-order valence-electron chi connectivity index (χ1n) is 7.86. The molecule has 0 unspecified atom stereocenters. The van der Waals surface area contributed by atoms with Crippen LogP contribution in [0.2, 0.25) is 0 Å². The molecule has 0 saturated carbocycles. The third kappa shape index (κ3) is 6.12. The van der Waals surface area contributed by atoms with Crippen molar-refractivity contribution in [2.24, 2.45) is 0 Å². The first-order chi connectivity index (χ1) is 11.0. The zero-order valence-corrected chi connectivity index (χ0v) is 13.9. The van der Waals surface area contributed by atoms with Crippen LogP contribution in [0.1, 0.15) is 25.0 Å². The zero-order chi connectivity index (χ0) is 16.7. The first-order valence-corrected chi connectivity index (χ1v) is 7.86. The number of benzene rings is 2. The van der Waals surface area contributed by atoms with Crippen molar-refractivity contribution < 1.29 is 9.53 Å². The van der Waals surface area contributed by atoms with E-state index in [0.717, 1.165) is 17.0 Å². The van der Waals surface area contributed by atoms with E-state index < -0.39 is 0 Å². The maximum absolute atomic E-state index is 11.9. The molecule has 0 atom stereocenters. The molecule has 2 aromatic rings. The highest BCUT2D eigenvalue weighted by molar-refractivity contribution is 5.92. The van der Waals surface area contributed by atoms with Crippen molar-refractivity contribution in [3.8, 4) is 5.75 Å². The summed E-state index contributed by atoms with van der Waals surface area (Å²) >= 11 is 0. The van der Waals surface area contributed by atoms with Crippen molar-refractivity contribution in [1.82, 2.24) is 5.32 Å². The smallest absolute Gasteiger partial charge is 0.238 e. The Labute approximate surface area is 137 Å². The lowest BCUT2D eigenvalue weighted by atomic mass is 10.2. The minimum Gasteiger partial charge on any atom is -0.491 e. The van der Waals surface area contributed by atoms with Gasteiger partial charge in [-0.25, -0.2) is 0 Å². The summed E-state index contributed by atoms with van der Waals surface area (Å²) in [6.07, 6.45) is 0.171. The molecule has 0 heterocycles. The Morgan fingerprint density at radius 1 is 1.04 bits per heavy atom. The Morgan fingerprint density at radius 3 is 2.30 bits per heavy atom. The van der Waals surface area contributed by atoms with Crippen LogP contribution in [0, 0.1) is 6.92 Å². The monoisotopic (exact) mass is 312 g/mol. The third-order valence-corrected chi connectivity index (χ3v) is 3.25. The van der Waals surface area contributed by atoms with Gasteiger partial charge in [-0.1, -0.05) is 29.8 Å². The molecule has 0 spiro atoms. The molecule has 2 N–H and O–H groups in total. The average molecular weight is 312 g/mol. The van der Waals surface area contributed by atoms with E-state index in [2.05, 4.69) is 10.6 Å². The molecule has 0 aromatic heterocycles. The number of ether oxygens (including phenoxy) is 1. The van der Waals surface area contributed by atoms with Gasteiger partial charge in [-0.15, -0.1) is 0 Å². The summed E-state index contributed by atoms with van der Waals surface area (Å²) in [6.45, 7) is 6.94. The van der Waals surface area contributed by atoms with Gasteiger partial charge in [-0.3, -0.25) is 4.79 Å². The molecular formula is C19H24N2O2. The molecule has 0 aliphatic carbocycles. The largest absolute Gasteiger partial charge is 0.491 e. The molecule has 0 fully saturated rings. The van der Waals surface area contributed by atoms with E-state index in [1.807, 2.05) is 69.3 Å². The molecule has 4 nitrogen and oxygen atoms in total. The van der Waals surface area contributed by atoms with E-state index in [0.29, 0.717) is 6.54 Å². The maximum Gasteiger partial charge on any atom is 0.238 e. The summed E-state index contributed by atoms with van der Waals surface area (Å²) in [5.41, 5.74) is 3.10. The van der Waals surface area contributed by atoms with Gasteiger partial charge >= 0.3 is 0 Å². The van der Waals surface area contributed by atoms with E-state index in [-0.39, 0.29) is 18.6 Å². The van der Waals surface area contributed by atoms with Gasteiger partial charge in [0.25, 0.3) is 0 Å². The van der Waals surface area contributed by atoms with Gasteiger partial charge in [0.05, 0.1) is 12.6 Å². The standard InChI is InChI=1S/C19H24N2O2/c1-14(2)23-18-10-6-16(7-11-18)12-20-13-19(22)21-17-8-4-15(3)5-9-17/h4-11,14,20H,12-13H2,1-3H3,(H,21,22). The van der Waals surface area contributed by atoms with Crippen molar-refractivity contribution >= 4 is 11.6 Å². The lowest BCUT2D eigenvalue weighted by Gasteiger charge is -2.10. The van der Waals surface area contributed by atoms with Crippen LogP contribution in [-0.4, -0.2) is 18.6 Å². The van der Waals surface area contributed by atoms with Gasteiger partial charge in [0.15, 0.2) is 0 Å². The number of aryl methyl sites for hydroxylation is 1. The van der Waals surface area contributed by atoms with Crippen LogP contribution in [0.5, 0.6) is 5.75 Å². The maximum atomic E-state index is 11.9. The number of anilines is 1. The predicted molar refractivity (Wildman–Crippen MR) is 93.7 cm³/mol. The molecule has 0 radical (unpaired) electrons. The lowest BCUT2D eigenvalue weighted by Crippen LogP contribution is -2.27. The predicted octanol–water partition coefficient (Wildman–Crippen LogP) is 3.51. The van der Waals surface area contributed by atoms with Gasteiger partial charge < -0.3 is 15.4 Å². The van der Waals surface area contributed by atoms with Gasteiger partial charge in [0.2, 0.25) is 5.91 Å². The summed E-state index contributed by atoms with van der Waals surface area (Å²) in [5.74, 6) is 0.814. The zero-order valence-electron chi connectivity index (χ0n) is 13.9. The SMILES string of the molecule is Cc1ccc(NC(=O)CNCc2ccc(OC(C)C)cc2)cc1. The number of nitrogens with one attached hydrogen (secondary N) is 2. The normalized spacial score (nSPS) is 10.6. The molecule has 0 aliphatic rings. The van der Waals surface area contributed by atoms with E-state index in [4.69, 9.17) is 4.74 Å². The van der Waals surface area contributed by atoms with Gasteiger partial charge in [-0.05, 0) is 50.6 Å². The van der Waals surface area contributed by atoms with Gasteiger partial charge in [-0.2, -0.15) is 0 Å². The summed E-state index contributed by atoms with van der Waals surface area (Å²) in [6, 6.07) is 15.7. The molecular weight excluding hydrogens is 288 g/mol. The Kier molecular flexibility index (Phi) is 6.18. The lowest BCUT2D eigenvalue weighted by molar-refractivity contribution is -0.115. The quantitative estimate of drug-likeness (QED) is 0.822. The van der Waals surface area contributed by atoms with E-state index in [1.54, 1.807) is 0 Å². The van der Waals surface area contributed by atoms with Crippen LogP contribution in [0.25, 0.3) is 0 Å². The summed E-state index contributed by atoms with van der Waals surface area (Å²) in [4.78, 5) is 11.9. The average Bonchev–Trinajstić information content (AvgIpc) is 2.51. The molecule has 0 saturated heterocycles. The molecule has 0 bridgehead atoms. The van der Waals surface area contributed by atoms with Crippen LogP contribution in [0.4, 0.5) is 5.69 Å². The summed E-state index contributed by atoms with van der Waals surface area (Å²) < 4.78 is 5.60. The number of hydrogen-bond acceptors (Lipinski definition) is 3. The number of carbonyl (C=O) groups is 1. The van der Waals surface area contributed by atoms with Crippen LogP contribution in [0.3, 0.4) is 0 Å². The Hall–Kier alpha value is -2.33. The number of carbonyl (C=O) groups excluding carboxylic acids is 1. The van der Waals surface area contributed by atoms with Crippen molar-refractivity contribution in [3.05, 3.63) is 59.7 Å². The van der Waals surface area contributed by atoms with Gasteiger partial charge in [0.1, 0.15) is 5.75 Å². The van der Waals surface area contributed by atoms with E-state index in [9.17, 15) is 4.79 Å². The topological polar surface area (TPSA) is 50.4 Å². The fourth-order valence-corrected chi connectivity index (χ4v) is 2.12. The first kappa shape index (κ1) is 17.0. The second-order valence-corrected chi connectivity index (χ2v) is 5.83. The number of rotatable bonds is 7.